The molecule has 0 aliphatic heterocycles. The normalized spacial score (nSPS) is 18.3. The Bertz CT molecular complexity index is 742. The van der Waals surface area contributed by atoms with Crippen molar-refractivity contribution in [2.45, 2.75) is 37.8 Å². The van der Waals surface area contributed by atoms with E-state index in [1.807, 2.05) is 0 Å². The number of nitrogens with one attached hydrogen (secondary N) is 1. The second-order valence-corrected chi connectivity index (χ2v) is 6.01. The average Bonchev–Trinajstić information content (AvgIpc) is 2.89. The number of fused-ring (bicyclic) bond motifs is 1. The first kappa shape index (κ1) is 16.5. The van der Waals surface area contributed by atoms with Gasteiger partial charge in [0.25, 0.3) is 0 Å². The summed E-state index contributed by atoms with van der Waals surface area (Å²) in [5.41, 5.74) is 6.51. The molecule has 1 aliphatic carbocycles. The second-order valence-electron chi connectivity index (χ2n) is 6.01. The molecule has 0 aromatic carbocycles. The van der Waals surface area contributed by atoms with E-state index < -0.39 is 12.0 Å². The molecule has 24 heavy (non-hydrogen) atoms. The maximum absolute atomic E-state index is 13.0. The number of aromatic nitrogens is 4. The average molecular weight is 340 g/mol. The van der Waals surface area contributed by atoms with Crippen LogP contribution < -0.4 is 11.1 Å². The van der Waals surface area contributed by atoms with Crippen LogP contribution in [0.2, 0.25) is 0 Å². The Balaban J connectivity index is 1.66. The predicted molar refractivity (Wildman–Crippen MR) is 81.0 cm³/mol. The molecule has 3 rings (SSSR count). The molecule has 1 unspecified atom stereocenters. The van der Waals surface area contributed by atoms with Gasteiger partial charge in [-0.1, -0.05) is 0 Å². The number of hydrogen-bond donors (Lipinski definition) is 3. The van der Waals surface area contributed by atoms with Gasteiger partial charge in [0, 0.05) is 25.5 Å². The second kappa shape index (κ2) is 6.27. The molecular weight excluding hydrogens is 322 g/mol. The Kier molecular flexibility index (Phi) is 4.31. The van der Waals surface area contributed by atoms with Crippen molar-refractivity contribution < 1.29 is 18.7 Å². The minimum absolute atomic E-state index is 0.0714. The summed E-state index contributed by atoms with van der Waals surface area (Å²) in [7, 11) is 0. The zero-order valence-corrected chi connectivity index (χ0v) is 12.8. The number of nitrogens with zero attached hydrogens (tertiary/aromatic N) is 4. The Morgan fingerprint density at radius 3 is 2.88 bits per heavy atom. The molecule has 1 amide bonds. The van der Waals surface area contributed by atoms with Gasteiger partial charge in [0.2, 0.25) is 11.8 Å². The van der Waals surface area contributed by atoms with E-state index in [-0.39, 0.29) is 50.1 Å². The molecule has 2 heterocycles. The third kappa shape index (κ3) is 3.28. The minimum Gasteiger partial charge on any atom is -0.396 e. The van der Waals surface area contributed by atoms with E-state index in [1.54, 1.807) is 0 Å². The van der Waals surface area contributed by atoms with Crippen molar-refractivity contribution in [3.63, 3.8) is 0 Å². The van der Waals surface area contributed by atoms with Crippen molar-refractivity contribution in [3.8, 4) is 0 Å². The molecule has 10 heteroatoms. The van der Waals surface area contributed by atoms with Gasteiger partial charge in [-0.2, -0.15) is 0 Å². The number of amides is 1. The molecule has 130 valence electrons. The highest BCUT2D eigenvalue weighted by molar-refractivity contribution is 5.83. The molecule has 1 fully saturated rings. The van der Waals surface area contributed by atoms with Gasteiger partial charge >= 0.3 is 0 Å². The van der Waals surface area contributed by atoms with Crippen LogP contribution in [0.3, 0.4) is 0 Å². The van der Waals surface area contributed by atoms with Crippen molar-refractivity contribution in [3.05, 3.63) is 12.7 Å². The molecule has 2 aromatic heterocycles. The summed E-state index contributed by atoms with van der Waals surface area (Å²) >= 11 is 0. The quantitative estimate of drug-likeness (QED) is 0.697. The number of imidazole rings is 1. The fourth-order valence-corrected chi connectivity index (χ4v) is 2.98. The number of hydrogen-bond acceptors (Lipinski definition) is 6. The van der Waals surface area contributed by atoms with Crippen LogP contribution in [0.15, 0.2) is 12.7 Å². The lowest BCUT2D eigenvalue weighted by Crippen LogP contribution is -2.50. The zero-order valence-electron chi connectivity index (χ0n) is 12.8. The van der Waals surface area contributed by atoms with Gasteiger partial charge in [-0.25, -0.2) is 23.7 Å². The predicted octanol–water partition coefficient (Wildman–Crippen LogP) is 0.321. The maximum atomic E-state index is 13.0. The standard InChI is InChI=1S/C14H18F2N6O2/c15-14(16)3-8(4-14)9(1-2-23)21-10(24)5-22-7-20-11-12(17)18-6-19-13(11)22/h6-9,23H,1-5H2,(H,21,24)(H2,17,18,19). The summed E-state index contributed by atoms with van der Waals surface area (Å²) in [5.74, 6) is -3.14. The van der Waals surface area contributed by atoms with Gasteiger partial charge in [0.15, 0.2) is 11.5 Å². The van der Waals surface area contributed by atoms with E-state index in [1.165, 1.54) is 17.2 Å². The number of anilines is 1. The van der Waals surface area contributed by atoms with E-state index in [0.717, 1.165) is 0 Å². The summed E-state index contributed by atoms with van der Waals surface area (Å²) < 4.78 is 27.6. The van der Waals surface area contributed by atoms with Gasteiger partial charge in [-0.15, -0.1) is 0 Å². The Morgan fingerprint density at radius 2 is 2.21 bits per heavy atom. The first-order valence-electron chi connectivity index (χ1n) is 7.59. The number of nitrogens with two attached hydrogens (primary N) is 1. The molecule has 8 nitrogen and oxygen atoms in total. The minimum atomic E-state index is -2.67. The molecule has 0 spiro atoms. The molecule has 2 aromatic rings. The number of aliphatic hydroxyl groups excluding tert-OH is 1. The monoisotopic (exact) mass is 340 g/mol. The Labute approximate surface area is 136 Å². The summed E-state index contributed by atoms with van der Waals surface area (Å²) in [6, 6.07) is -0.475. The zero-order chi connectivity index (χ0) is 17.3. The van der Waals surface area contributed by atoms with Crippen LogP contribution >= 0.6 is 0 Å². The van der Waals surface area contributed by atoms with E-state index >= 15 is 0 Å². The van der Waals surface area contributed by atoms with Crippen molar-refractivity contribution >= 4 is 22.9 Å². The van der Waals surface area contributed by atoms with E-state index in [2.05, 4.69) is 20.3 Å². The van der Waals surface area contributed by atoms with Crippen molar-refractivity contribution in [2.75, 3.05) is 12.3 Å². The molecule has 4 N–H and O–H groups in total. The summed E-state index contributed by atoms with van der Waals surface area (Å²) in [4.78, 5) is 24.2. The van der Waals surface area contributed by atoms with Gasteiger partial charge in [-0.3, -0.25) is 4.79 Å². The Hall–Kier alpha value is -2.36. The summed E-state index contributed by atoms with van der Waals surface area (Å²) in [6.45, 7) is -0.247. The maximum Gasteiger partial charge on any atom is 0.248 e. The lowest BCUT2D eigenvalue weighted by molar-refractivity contribution is -0.133. The van der Waals surface area contributed by atoms with Gasteiger partial charge < -0.3 is 20.7 Å². The smallest absolute Gasteiger partial charge is 0.248 e. The van der Waals surface area contributed by atoms with Gasteiger partial charge in [0.1, 0.15) is 18.4 Å². The van der Waals surface area contributed by atoms with E-state index in [9.17, 15) is 13.6 Å². The SMILES string of the molecule is Nc1ncnc2c1ncn2CC(=O)NC(CCO)C1CC(F)(F)C1. The number of nitrogen functional groups attached to an aromatic ring is 1. The number of aliphatic hydroxyl groups is 1. The van der Waals surface area contributed by atoms with Crippen molar-refractivity contribution in [1.29, 1.82) is 0 Å². The number of alkyl halides is 2. The van der Waals surface area contributed by atoms with Gasteiger partial charge in [-0.05, 0) is 12.3 Å². The highest BCUT2D eigenvalue weighted by atomic mass is 19.3. The molecule has 0 bridgehead atoms. The lowest BCUT2D eigenvalue weighted by atomic mass is 9.75. The summed E-state index contributed by atoms with van der Waals surface area (Å²) in [6.07, 6.45) is 2.41. The number of halogens is 2. The molecule has 0 radical (unpaired) electrons. The van der Waals surface area contributed by atoms with Crippen LogP contribution in [-0.4, -0.2) is 49.1 Å². The summed E-state index contributed by atoms with van der Waals surface area (Å²) in [5, 5.41) is 11.8. The van der Waals surface area contributed by atoms with Gasteiger partial charge in [0.05, 0.1) is 6.33 Å². The van der Waals surface area contributed by atoms with Crippen molar-refractivity contribution in [2.24, 2.45) is 5.92 Å². The number of carbonyl (C=O) groups is 1. The van der Waals surface area contributed by atoms with E-state index in [4.69, 9.17) is 10.8 Å². The van der Waals surface area contributed by atoms with E-state index in [0.29, 0.717) is 11.2 Å². The van der Waals surface area contributed by atoms with Crippen LogP contribution in [0.4, 0.5) is 14.6 Å². The fraction of sp³-hybridized carbons (Fsp3) is 0.571. The van der Waals surface area contributed by atoms with Crippen LogP contribution in [-0.2, 0) is 11.3 Å². The highest BCUT2D eigenvalue weighted by Crippen LogP contribution is 2.44. The third-order valence-corrected chi connectivity index (χ3v) is 4.22. The topological polar surface area (TPSA) is 119 Å². The highest BCUT2D eigenvalue weighted by Gasteiger charge is 2.48. The first-order valence-corrected chi connectivity index (χ1v) is 7.59. The molecular formula is C14H18F2N6O2. The fourth-order valence-electron chi connectivity index (χ4n) is 2.98. The Morgan fingerprint density at radius 1 is 1.46 bits per heavy atom. The van der Waals surface area contributed by atoms with Crippen LogP contribution in [0.25, 0.3) is 11.2 Å². The van der Waals surface area contributed by atoms with Crippen LogP contribution in [0.5, 0.6) is 0 Å². The first-order chi connectivity index (χ1) is 11.4. The third-order valence-electron chi connectivity index (χ3n) is 4.22. The molecule has 1 saturated carbocycles. The van der Waals surface area contributed by atoms with Crippen LogP contribution in [0.1, 0.15) is 19.3 Å². The molecule has 1 aliphatic rings. The largest absolute Gasteiger partial charge is 0.396 e. The molecule has 1 atom stereocenters. The molecule has 0 saturated heterocycles. The number of carbonyl (C=O) groups excluding carboxylic acids is 1. The van der Waals surface area contributed by atoms with Crippen molar-refractivity contribution in [1.82, 2.24) is 24.8 Å². The number of rotatable bonds is 6. The lowest BCUT2D eigenvalue weighted by Gasteiger charge is -2.40. The van der Waals surface area contributed by atoms with Crippen LogP contribution in [0, 0.1) is 5.92 Å².